The highest BCUT2D eigenvalue weighted by atomic mass is 15.2. The van der Waals surface area contributed by atoms with E-state index >= 15 is 0 Å². The Morgan fingerprint density at radius 3 is 1.20 bits per heavy atom. The van der Waals surface area contributed by atoms with Crippen LogP contribution < -0.4 is 9.80 Å². The van der Waals surface area contributed by atoms with Crippen molar-refractivity contribution in [1.29, 1.82) is 0 Å². The van der Waals surface area contributed by atoms with E-state index in [1.165, 1.54) is 142 Å². The Morgan fingerprint density at radius 1 is 0.250 bits per heavy atom. The fourth-order valence-corrected chi connectivity index (χ4v) is 13.5. The summed E-state index contributed by atoms with van der Waals surface area (Å²) in [4.78, 5) is 5.24. The molecule has 390 valence electrons. The summed E-state index contributed by atoms with van der Waals surface area (Å²) in [5.74, 6) is 1.56. The zero-order chi connectivity index (χ0) is 54.8. The number of nitrogens with zero attached hydrogens (tertiary/aromatic N) is 2. The van der Waals surface area contributed by atoms with Crippen molar-refractivity contribution < 1.29 is 0 Å². The highest BCUT2D eigenvalue weighted by molar-refractivity contribution is 6.46. The van der Waals surface area contributed by atoms with Crippen molar-refractivity contribution in [2.45, 2.75) is 92.9 Å². The van der Waals surface area contributed by atoms with Crippen LogP contribution in [-0.2, 0) is 0 Å². The van der Waals surface area contributed by atoms with Crippen LogP contribution in [-0.4, -0.2) is 0 Å². The predicted molar refractivity (Wildman–Crippen MR) is 349 cm³/mol. The number of aryl methyl sites for hydroxylation is 2. The summed E-state index contributed by atoms with van der Waals surface area (Å²) in [5.41, 5.74) is 17.2. The highest BCUT2D eigenvalue weighted by Gasteiger charge is 2.32. The molecule has 14 aromatic carbocycles. The average Bonchev–Trinajstić information content (AvgIpc) is 2.46. The van der Waals surface area contributed by atoms with Crippen LogP contribution >= 0.6 is 0 Å². The van der Waals surface area contributed by atoms with Gasteiger partial charge in [0.1, 0.15) is 0 Å². The normalized spacial score (nSPS) is 12.3. The minimum Gasteiger partial charge on any atom is -0.309 e. The van der Waals surface area contributed by atoms with Gasteiger partial charge in [0.25, 0.3) is 0 Å². The molecule has 0 fully saturated rings. The summed E-state index contributed by atoms with van der Waals surface area (Å²) < 4.78 is 0. The minimum atomic E-state index is 0.391. The van der Waals surface area contributed by atoms with Crippen LogP contribution in [0.3, 0.4) is 0 Å². The Hall–Kier alpha value is -8.72. The van der Waals surface area contributed by atoms with Gasteiger partial charge in [-0.2, -0.15) is 0 Å². The van der Waals surface area contributed by atoms with E-state index in [2.05, 4.69) is 285 Å². The Bertz CT molecular complexity index is 4590. The van der Waals surface area contributed by atoms with Gasteiger partial charge in [-0.3, -0.25) is 0 Å². The molecule has 0 unspecified atom stereocenters. The molecular weight excluding hydrogens is 965 g/mol. The second-order valence-corrected chi connectivity index (χ2v) is 24.1. The van der Waals surface area contributed by atoms with E-state index in [0.29, 0.717) is 23.7 Å². The molecule has 0 saturated heterocycles. The Labute approximate surface area is 471 Å². The standard InChI is InChI=1S/C78H68N2/c1-45(2)51-23-31-56(32-24-51)79(57-33-25-52(26-34-57)46(3)4)77-71-44-70-61-16-12-11-15-60(61)63-17-13-19-65(73(63)70)74(71)78(80(58-35-27-53(28-36-58)47(5)6)59-37-29-54(30-38-59)48(7)8)76-67-40-39-62(64-18-14-20-66(72(64)67)75(76)77)69-43-50(10)41-55-22-21-49(9)42-68(55)69/h11-48H,1-10H3. The van der Waals surface area contributed by atoms with Crippen LogP contribution in [0.1, 0.15) is 112 Å². The van der Waals surface area contributed by atoms with E-state index in [9.17, 15) is 0 Å². The second-order valence-electron chi connectivity index (χ2n) is 24.1. The van der Waals surface area contributed by atoms with Crippen LogP contribution in [0, 0.1) is 13.8 Å². The van der Waals surface area contributed by atoms with Gasteiger partial charge in [0.05, 0.1) is 11.4 Å². The summed E-state index contributed by atoms with van der Waals surface area (Å²) in [6, 6.07) is 80.2. The van der Waals surface area contributed by atoms with Gasteiger partial charge in [0, 0.05) is 44.3 Å². The van der Waals surface area contributed by atoms with E-state index in [0.717, 1.165) is 22.7 Å². The molecule has 0 N–H and O–H groups in total. The molecule has 2 heteroatoms. The van der Waals surface area contributed by atoms with E-state index in [4.69, 9.17) is 0 Å². The summed E-state index contributed by atoms with van der Waals surface area (Å²) in [6.45, 7) is 22.8. The molecular formula is C78H68N2. The van der Waals surface area contributed by atoms with Gasteiger partial charge in [-0.25, -0.2) is 0 Å². The lowest BCUT2D eigenvalue weighted by atomic mass is 9.90. The van der Waals surface area contributed by atoms with Crippen molar-refractivity contribution in [3.63, 3.8) is 0 Å². The molecule has 0 saturated carbocycles. The van der Waals surface area contributed by atoms with Gasteiger partial charge in [-0.15, -0.1) is 0 Å². The number of hydrogen-bond acceptors (Lipinski definition) is 2. The zero-order valence-corrected chi connectivity index (χ0v) is 47.8. The number of rotatable bonds is 11. The fraction of sp³-hybridized carbons (Fsp3) is 0.179. The lowest BCUT2D eigenvalue weighted by Gasteiger charge is -2.33. The molecule has 0 spiro atoms. The highest BCUT2D eigenvalue weighted by Crippen LogP contribution is 2.59. The summed E-state index contributed by atoms with van der Waals surface area (Å²) in [7, 11) is 0. The molecule has 0 bridgehead atoms. The van der Waals surface area contributed by atoms with E-state index in [1.54, 1.807) is 0 Å². The molecule has 2 nitrogen and oxygen atoms in total. The third-order valence-electron chi connectivity index (χ3n) is 17.7. The average molecular weight is 1030 g/mol. The number of hydrogen-bond donors (Lipinski definition) is 0. The van der Waals surface area contributed by atoms with E-state index < -0.39 is 0 Å². The first kappa shape index (κ1) is 49.6. The quantitative estimate of drug-likeness (QED) is 0.0941. The van der Waals surface area contributed by atoms with Gasteiger partial charge in [-0.1, -0.05) is 213 Å². The molecule has 0 aliphatic carbocycles. The van der Waals surface area contributed by atoms with Crippen molar-refractivity contribution in [2.75, 3.05) is 9.80 Å². The van der Waals surface area contributed by atoms with Crippen LogP contribution in [0.4, 0.5) is 34.1 Å². The van der Waals surface area contributed by atoms with Crippen molar-refractivity contribution in [3.05, 3.63) is 240 Å². The molecule has 0 aromatic heterocycles. The topological polar surface area (TPSA) is 6.48 Å². The smallest absolute Gasteiger partial charge is 0.0632 e. The maximum absolute atomic E-state index is 2.62. The molecule has 14 aromatic rings. The third-order valence-corrected chi connectivity index (χ3v) is 17.7. The van der Waals surface area contributed by atoms with Crippen LogP contribution in [0.15, 0.2) is 206 Å². The van der Waals surface area contributed by atoms with Gasteiger partial charge >= 0.3 is 0 Å². The lowest BCUT2D eigenvalue weighted by molar-refractivity contribution is 0.866. The van der Waals surface area contributed by atoms with Crippen LogP contribution in [0.5, 0.6) is 0 Å². The lowest BCUT2D eigenvalue weighted by Crippen LogP contribution is -2.15. The van der Waals surface area contributed by atoms with Crippen LogP contribution in [0.2, 0.25) is 0 Å². The number of anilines is 6. The molecule has 0 aliphatic rings. The first-order valence-electron chi connectivity index (χ1n) is 29.1. The van der Waals surface area contributed by atoms with Crippen molar-refractivity contribution in [1.82, 2.24) is 0 Å². The van der Waals surface area contributed by atoms with Crippen molar-refractivity contribution in [3.8, 4) is 11.1 Å². The van der Waals surface area contributed by atoms with Gasteiger partial charge in [0.15, 0.2) is 0 Å². The molecule has 14 rings (SSSR count). The first-order chi connectivity index (χ1) is 38.8. The molecule has 0 amide bonds. The number of benzene rings is 12. The Kier molecular flexibility index (Phi) is 11.8. The molecule has 0 heterocycles. The van der Waals surface area contributed by atoms with E-state index in [-0.39, 0.29) is 0 Å². The zero-order valence-electron chi connectivity index (χ0n) is 47.8. The summed E-state index contributed by atoms with van der Waals surface area (Å²) in [5, 5.41) is 20.2. The molecule has 0 atom stereocenters. The Balaban J connectivity index is 1.25. The summed E-state index contributed by atoms with van der Waals surface area (Å²) in [6.07, 6.45) is 0. The maximum atomic E-state index is 2.62. The largest absolute Gasteiger partial charge is 0.309 e. The Morgan fingerprint density at radius 2 is 0.675 bits per heavy atom. The van der Waals surface area contributed by atoms with Gasteiger partial charge in [-0.05, 0) is 196 Å². The monoisotopic (exact) mass is 1030 g/mol. The van der Waals surface area contributed by atoms with Crippen LogP contribution in [0.25, 0.3) is 97.3 Å². The predicted octanol–water partition coefficient (Wildman–Crippen LogP) is 23.5. The number of fused-ring (bicyclic) bond motifs is 9. The van der Waals surface area contributed by atoms with Gasteiger partial charge in [0.2, 0.25) is 0 Å². The summed E-state index contributed by atoms with van der Waals surface area (Å²) >= 11 is 0. The SMILES string of the molecule is Cc1cc(-c2ccc3c4c(N(c5ccc(C(C)C)cc5)c5ccc(C(C)C)cc5)c5c(cc6c7ccccc7c7cccc5c76)c(N(c5ccc(C(C)C)cc5)c5ccc(C(C)C)cc5)c4c4cccc2c43)c2cc(C)ccc2c1. The maximum Gasteiger partial charge on any atom is 0.0632 e. The minimum absolute atomic E-state index is 0.391. The van der Waals surface area contributed by atoms with Crippen molar-refractivity contribution in [2.24, 2.45) is 0 Å². The molecule has 0 aliphatic heterocycles. The molecule has 0 radical (unpaired) electrons. The first-order valence-corrected chi connectivity index (χ1v) is 29.1. The van der Waals surface area contributed by atoms with E-state index in [1.807, 2.05) is 0 Å². The van der Waals surface area contributed by atoms with Gasteiger partial charge < -0.3 is 9.80 Å². The second kappa shape index (κ2) is 19.0. The third kappa shape index (κ3) is 7.74. The fourth-order valence-electron chi connectivity index (χ4n) is 13.5. The van der Waals surface area contributed by atoms with Crippen molar-refractivity contribution >= 4 is 120 Å². The molecule has 80 heavy (non-hydrogen) atoms.